The van der Waals surface area contributed by atoms with Gasteiger partial charge in [0.1, 0.15) is 12.2 Å². The number of likely N-dealkylation sites (tertiary alicyclic amines) is 1. The van der Waals surface area contributed by atoms with Crippen molar-refractivity contribution >= 4 is 5.97 Å². The molecule has 4 unspecified atom stereocenters. The Balaban J connectivity index is 2.02. The number of fused-ring (bicyclic) bond motifs is 2. The maximum absolute atomic E-state index is 14.6. The summed E-state index contributed by atoms with van der Waals surface area (Å²) in [6, 6.07) is -1.22. The van der Waals surface area contributed by atoms with Crippen LogP contribution in [0.15, 0.2) is 24.3 Å². The fourth-order valence-electron chi connectivity index (χ4n) is 4.32. The predicted molar refractivity (Wildman–Crippen MR) is 76.4 cm³/mol. The number of allylic oxidation sites excluding steroid dienone is 2. The van der Waals surface area contributed by atoms with Crippen LogP contribution in [0.1, 0.15) is 26.2 Å². The van der Waals surface area contributed by atoms with Gasteiger partial charge in [0, 0.05) is 11.5 Å². The summed E-state index contributed by atoms with van der Waals surface area (Å²) in [6.07, 6.45) is 7.88. The molecule has 2 bridgehead atoms. The smallest absolute Gasteiger partial charge is 0.323 e. The average molecular weight is 295 g/mol. The molecule has 6 atom stereocenters. The molecule has 2 aliphatic carbocycles. The molecule has 1 saturated heterocycles. The number of esters is 1. The van der Waals surface area contributed by atoms with E-state index < -0.39 is 41.8 Å². The summed E-state index contributed by atoms with van der Waals surface area (Å²) in [7, 11) is 1.34. The molecule has 1 saturated carbocycles. The lowest BCUT2D eigenvalue weighted by molar-refractivity contribution is -0.154. The lowest BCUT2D eigenvalue weighted by atomic mass is 9.82. The first kappa shape index (κ1) is 14.7. The number of halogens is 1. The fourth-order valence-corrected chi connectivity index (χ4v) is 4.32. The van der Waals surface area contributed by atoms with Crippen LogP contribution in [0.25, 0.3) is 0 Å². The second-order valence-electron chi connectivity index (χ2n) is 6.23. The lowest BCUT2D eigenvalue weighted by Gasteiger charge is -2.48. The van der Waals surface area contributed by atoms with Gasteiger partial charge in [0.05, 0.1) is 19.3 Å². The number of alkyl halides is 1. The van der Waals surface area contributed by atoms with Gasteiger partial charge in [-0.1, -0.05) is 31.2 Å². The van der Waals surface area contributed by atoms with E-state index in [0.29, 0.717) is 6.42 Å². The van der Waals surface area contributed by atoms with Crippen molar-refractivity contribution in [3.63, 3.8) is 0 Å². The number of piperidine rings is 1. The highest BCUT2D eigenvalue weighted by molar-refractivity contribution is 5.77. The first-order chi connectivity index (χ1) is 10.1. The number of aliphatic hydroxyl groups excluding tert-OH is 1. The van der Waals surface area contributed by atoms with Gasteiger partial charge in [0.25, 0.3) is 0 Å². The van der Waals surface area contributed by atoms with Gasteiger partial charge in [0.15, 0.2) is 0 Å². The minimum atomic E-state index is -1.17. The van der Waals surface area contributed by atoms with Crippen LogP contribution in [0, 0.1) is 5.92 Å². The maximum atomic E-state index is 14.6. The molecule has 0 aromatic rings. The Morgan fingerprint density at radius 1 is 1.52 bits per heavy atom. The summed E-state index contributed by atoms with van der Waals surface area (Å²) in [5.74, 6) is -0.868. The van der Waals surface area contributed by atoms with Gasteiger partial charge >= 0.3 is 5.97 Å². The van der Waals surface area contributed by atoms with Crippen LogP contribution in [-0.2, 0) is 9.53 Å². The van der Waals surface area contributed by atoms with Gasteiger partial charge in [-0.25, -0.2) is 4.39 Å². The zero-order chi connectivity index (χ0) is 15.2. The lowest BCUT2D eigenvalue weighted by Crippen LogP contribution is -2.61. The molecule has 1 heterocycles. The molecule has 21 heavy (non-hydrogen) atoms. The minimum Gasteiger partial charge on any atom is -0.468 e. The molecule has 0 aromatic heterocycles. The van der Waals surface area contributed by atoms with Crippen LogP contribution >= 0.6 is 0 Å². The van der Waals surface area contributed by atoms with Crippen molar-refractivity contribution in [2.75, 3.05) is 7.11 Å². The largest absolute Gasteiger partial charge is 0.468 e. The standard InChI is InChI=1S/C16H22FNO3/c1-3-16(7-5-4-6-8-16)18-13(15(20)21-2)10-9-11(19)14(18)12(10)17/h4-7,10-14,19H,3,8-9H2,1-2H3/t10?,11?,12?,13?,14-,16-/m0/s1. The number of aliphatic hydroxyl groups is 1. The number of carbonyl (C=O) groups excluding carboxylic acids is 1. The van der Waals surface area contributed by atoms with Gasteiger partial charge in [-0.05, 0) is 19.3 Å². The zero-order valence-corrected chi connectivity index (χ0v) is 12.4. The summed E-state index contributed by atoms with van der Waals surface area (Å²) < 4.78 is 19.5. The van der Waals surface area contributed by atoms with Crippen molar-refractivity contribution in [2.45, 2.75) is 56.1 Å². The molecule has 1 aliphatic heterocycles. The van der Waals surface area contributed by atoms with Crippen molar-refractivity contribution < 1.29 is 19.0 Å². The maximum Gasteiger partial charge on any atom is 0.323 e. The monoisotopic (exact) mass is 295 g/mol. The number of methoxy groups -OCH3 is 1. The zero-order valence-electron chi connectivity index (χ0n) is 12.4. The highest BCUT2D eigenvalue weighted by Gasteiger charge is 2.64. The molecule has 4 nitrogen and oxygen atoms in total. The molecule has 116 valence electrons. The Morgan fingerprint density at radius 2 is 2.29 bits per heavy atom. The van der Waals surface area contributed by atoms with Crippen molar-refractivity contribution in [3.05, 3.63) is 24.3 Å². The number of hydrogen-bond acceptors (Lipinski definition) is 4. The Kier molecular flexibility index (Phi) is 3.66. The average Bonchev–Trinajstić information content (AvgIpc) is 2.96. The molecule has 1 N–H and O–H groups in total. The van der Waals surface area contributed by atoms with Crippen molar-refractivity contribution in [2.24, 2.45) is 5.92 Å². The number of ether oxygens (including phenoxy) is 1. The van der Waals surface area contributed by atoms with Gasteiger partial charge in [-0.3, -0.25) is 9.69 Å². The Bertz CT molecular complexity index is 492. The molecular weight excluding hydrogens is 273 g/mol. The van der Waals surface area contributed by atoms with Gasteiger partial charge < -0.3 is 9.84 Å². The molecule has 0 spiro atoms. The van der Waals surface area contributed by atoms with E-state index in [4.69, 9.17) is 4.74 Å². The summed E-state index contributed by atoms with van der Waals surface area (Å²) in [6.45, 7) is 2.03. The summed E-state index contributed by atoms with van der Waals surface area (Å²) in [5, 5.41) is 10.2. The summed E-state index contributed by atoms with van der Waals surface area (Å²) in [5.41, 5.74) is -0.418. The third-order valence-corrected chi connectivity index (χ3v) is 5.36. The molecule has 3 aliphatic rings. The van der Waals surface area contributed by atoms with Gasteiger partial charge in [-0.15, -0.1) is 0 Å². The predicted octanol–water partition coefficient (Wildman–Crippen LogP) is 1.60. The fraction of sp³-hybridized carbons (Fsp3) is 0.688. The quantitative estimate of drug-likeness (QED) is 0.804. The van der Waals surface area contributed by atoms with Crippen LogP contribution in [0.5, 0.6) is 0 Å². The van der Waals surface area contributed by atoms with E-state index in [9.17, 15) is 14.3 Å². The van der Waals surface area contributed by atoms with E-state index in [1.807, 2.05) is 36.1 Å². The van der Waals surface area contributed by atoms with Crippen molar-refractivity contribution in [1.82, 2.24) is 4.90 Å². The molecule has 2 fully saturated rings. The normalized spacial score (nSPS) is 45.2. The number of nitrogens with zero attached hydrogens (tertiary/aromatic N) is 1. The topological polar surface area (TPSA) is 49.8 Å². The number of carbonyl (C=O) groups is 1. The van der Waals surface area contributed by atoms with Gasteiger partial charge in [-0.2, -0.15) is 0 Å². The third-order valence-electron chi connectivity index (χ3n) is 5.36. The molecule has 0 aromatic carbocycles. The first-order valence-electron chi connectivity index (χ1n) is 7.58. The van der Waals surface area contributed by atoms with Crippen LogP contribution < -0.4 is 0 Å². The van der Waals surface area contributed by atoms with E-state index in [-0.39, 0.29) is 0 Å². The third kappa shape index (κ3) is 1.98. The van der Waals surface area contributed by atoms with Gasteiger partial charge in [0.2, 0.25) is 0 Å². The first-order valence-corrected chi connectivity index (χ1v) is 7.58. The minimum absolute atomic E-state index is 0.335. The molecule has 5 heteroatoms. The van der Waals surface area contributed by atoms with Crippen LogP contribution in [0.4, 0.5) is 4.39 Å². The molecule has 0 radical (unpaired) electrons. The SMILES string of the molecule is CC[C@]1(N2C(C(=O)OC)C3CC(O)[C@H]2C3F)C=CC=CC1. The van der Waals surface area contributed by atoms with Crippen molar-refractivity contribution in [1.29, 1.82) is 0 Å². The molecular formula is C16H22FNO3. The summed E-state index contributed by atoms with van der Waals surface area (Å²) >= 11 is 0. The van der Waals surface area contributed by atoms with Crippen molar-refractivity contribution in [3.8, 4) is 0 Å². The highest BCUT2D eigenvalue weighted by Crippen LogP contribution is 2.50. The van der Waals surface area contributed by atoms with E-state index in [1.54, 1.807) is 0 Å². The second kappa shape index (κ2) is 5.21. The molecule has 3 rings (SSSR count). The Labute approximate surface area is 124 Å². The highest BCUT2D eigenvalue weighted by atomic mass is 19.1. The van der Waals surface area contributed by atoms with Crippen LogP contribution in [0.3, 0.4) is 0 Å². The summed E-state index contributed by atoms with van der Waals surface area (Å²) in [4.78, 5) is 14.1. The van der Waals surface area contributed by atoms with E-state index in [2.05, 4.69) is 0 Å². The van der Waals surface area contributed by atoms with Crippen LogP contribution in [-0.4, -0.2) is 53.0 Å². The van der Waals surface area contributed by atoms with Crippen LogP contribution in [0.2, 0.25) is 0 Å². The second-order valence-corrected chi connectivity index (χ2v) is 6.23. The van der Waals surface area contributed by atoms with E-state index in [1.165, 1.54) is 7.11 Å². The molecule has 0 amide bonds. The number of rotatable bonds is 3. The number of hydrogen-bond donors (Lipinski definition) is 1. The van der Waals surface area contributed by atoms with E-state index in [0.717, 1.165) is 12.8 Å². The Morgan fingerprint density at radius 3 is 2.86 bits per heavy atom. The van der Waals surface area contributed by atoms with E-state index >= 15 is 0 Å². The Hall–Kier alpha value is -1.20.